The van der Waals surface area contributed by atoms with E-state index < -0.39 is 6.08 Å². The lowest BCUT2D eigenvalue weighted by Crippen LogP contribution is -1.80. The Morgan fingerprint density at radius 1 is 1.24 bits per heavy atom. The van der Waals surface area contributed by atoms with Gasteiger partial charge in [-0.3, -0.25) is 0 Å². The average Bonchev–Trinajstić information content (AvgIpc) is 2.87. The molecule has 0 amide bonds. The van der Waals surface area contributed by atoms with E-state index in [-0.39, 0.29) is 5.57 Å². The van der Waals surface area contributed by atoms with Crippen LogP contribution in [0.5, 0.6) is 0 Å². The third kappa shape index (κ3) is 14.9. The van der Waals surface area contributed by atoms with E-state index in [0.717, 1.165) is 5.57 Å². The number of aromatic nitrogens is 2. The lowest BCUT2D eigenvalue weighted by molar-refractivity contribution is 0.408. The molecule has 0 aliphatic heterocycles. The molecule has 0 aliphatic rings. The fraction of sp³-hybridized carbons (Fsp3) is 0.500. The van der Waals surface area contributed by atoms with Gasteiger partial charge in [0.25, 0.3) is 6.08 Å². The summed E-state index contributed by atoms with van der Waals surface area (Å²) >= 11 is 1.35. The van der Waals surface area contributed by atoms with Crippen LogP contribution in [0.25, 0.3) is 0 Å². The molecule has 2 nitrogen and oxygen atoms in total. The van der Waals surface area contributed by atoms with Gasteiger partial charge in [-0.1, -0.05) is 23.9 Å². The highest BCUT2D eigenvalue weighted by Crippen LogP contribution is 2.14. The van der Waals surface area contributed by atoms with E-state index >= 15 is 0 Å². The van der Waals surface area contributed by atoms with Crippen molar-refractivity contribution in [1.29, 1.82) is 0 Å². The van der Waals surface area contributed by atoms with Crippen molar-refractivity contribution in [2.24, 2.45) is 0 Å². The third-order valence-electron chi connectivity index (χ3n) is 1.53. The average molecular weight is 262 g/mol. The minimum absolute atomic E-state index is 0.169. The first-order chi connectivity index (χ1) is 8.04. The molecule has 0 N–H and O–H groups in total. The minimum Gasteiger partial charge on any atom is -0.173 e. The summed E-state index contributed by atoms with van der Waals surface area (Å²) in [5.74, 6) is 0. The van der Waals surface area contributed by atoms with Crippen molar-refractivity contribution < 1.29 is 8.78 Å². The van der Waals surface area contributed by atoms with Gasteiger partial charge in [0.1, 0.15) is 0 Å². The molecule has 0 saturated carbocycles. The summed E-state index contributed by atoms with van der Waals surface area (Å²) in [5.41, 5.74) is 1.11. The maximum absolute atomic E-state index is 11.7. The van der Waals surface area contributed by atoms with Crippen molar-refractivity contribution in [2.75, 3.05) is 0 Å². The Labute approximate surface area is 106 Å². The van der Waals surface area contributed by atoms with E-state index in [2.05, 4.69) is 16.2 Å². The van der Waals surface area contributed by atoms with Crippen LogP contribution in [0.1, 0.15) is 40.5 Å². The first-order valence-electron chi connectivity index (χ1n) is 5.40. The van der Waals surface area contributed by atoms with Gasteiger partial charge in [-0.15, -0.1) is 11.7 Å². The Morgan fingerprint density at radius 2 is 1.82 bits per heavy atom. The van der Waals surface area contributed by atoms with Crippen LogP contribution in [0.2, 0.25) is 0 Å². The van der Waals surface area contributed by atoms with Gasteiger partial charge in [0, 0.05) is 5.38 Å². The lowest BCUT2D eigenvalue weighted by atomic mass is 10.1. The zero-order valence-corrected chi connectivity index (χ0v) is 11.7. The monoisotopic (exact) mass is 262 g/mol. The number of hydrogen-bond acceptors (Lipinski definition) is 3. The maximum atomic E-state index is 11.7. The van der Waals surface area contributed by atoms with E-state index in [1.807, 2.05) is 26.2 Å². The smallest absolute Gasteiger partial charge is 0.173 e. The van der Waals surface area contributed by atoms with Crippen LogP contribution in [0.3, 0.4) is 0 Å². The highest BCUT2D eigenvalue weighted by molar-refractivity contribution is 7.03. The van der Waals surface area contributed by atoms with Gasteiger partial charge in [-0.25, -0.2) is 0 Å². The first-order valence-corrected chi connectivity index (χ1v) is 6.23. The normalized spacial score (nSPS) is 8.12. The molecule has 0 unspecified atom stereocenters. The second-order valence-corrected chi connectivity index (χ2v) is 3.73. The molecule has 0 bridgehead atoms. The van der Waals surface area contributed by atoms with Gasteiger partial charge < -0.3 is 0 Å². The summed E-state index contributed by atoms with van der Waals surface area (Å²) < 4.78 is 27.0. The van der Waals surface area contributed by atoms with Gasteiger partial charge in [0.05, 0.1) is 6.20 Å². The fourth-order valence-corrected chi connectivity index (χ4v) is 0.904. The van der Waals surface area contributed by atoms with Gasteiger partial charge in [-0.2, -0.15) is 8.78 Å². The fourth-order valence-electron chi connectivity index (χ4n) is 0.631. The van der Waals surface area contributed by atoms with Gasteiger partial charge in [0.15, 0.2) is 0 Å². The summed E-state index contributed by atoms with van der Waals surface area (Å²) in [5, 5.41) is 5.31. The Balaban J connectivity index is 0. The van der Waals surface area contributed by atoms with Crippen LogP contribution in [-0.4, -0.2) is 9.59 Å². The highest BCUT2D eigenvalue weighted by atomic mass is 32.1. The van der Waals surface area contributed by atoms with E-state index in [1.165, 1.54) is 18.5 Å². The first kappa shape index (κ1) is 18.3. The van der Waals surface area contributed by atoms with Crippen molar-refractivity contribution >= 4 is 11.5 Å². The molecule has 1 aromatic rings. The molecule has 1 heterocycles. The minimum atomic E-state index is -1.55. The molecule has 1 rings (SSSR count). The number of allylic oxidation sites excluding steroid dienone is 2. The van der Waals surface area contributed by atoms with Crippen LogP contribution in [0.15, 0.2) is 35.4 Å². The Hall–Kier alpha value is -1.10. The summed E-state index contributed by atoms with van der Waals surface area (Å²) in [4.78, 5) is 0. The molecule has 0 fully saturated rings. The van der Waals surface area contributed by atoms with Gasteiger partial charge in [0.2, 0.25) is 0 Å². The van der Waals surface area contributed by atoms with E-state index in [1.54, 1.807) is 6.20 Å². The lowest BCUT2D eigenvalue weighted by Gasteiger charge is -1.97. The van der Waals surface area contributed by atoms with Gasteiger partial charge in [-0.05, 0) is 43.8 Å². The quantitative estimate of drug-likeness (QED) is 0.710. The molecule has 0 aliphatic carbocycles. The van der Waals surface area contributed by atoms with Crippen molar-refractivity contribution in [2.45, 2.75) is 40.5 Å². The number of rotatable bonds is 3. The SMILES string of the molecule is C=C(C)CCC(C)=C(F)F.CC.c1csnn1. The molecule has 0 spiro atoms. The molecule has 0 atom stereocenters. The Bertz CT molecular complexity index is 287. The molecule has 0 radical (unpaired) electrons. The second kappa shape index (κ2) is 13.0. The van der Waals surface area contributed by atoms with E-state index in [4.69, 9.17) is 0 Å². The van der Waals surface area contributed by atoms with Crippen LogP contribution in [-0.2, 0) is 0 Å². The highest BCUT2D eigenvalue weighted by Gasteiger charge is 1.98. The predicted molar refractivity (Wildman–Crippen MR) is 70.2 cm³/mol. The zero-order chi connectivity index (χ0) is 13.7. The molecular formula is C12H20F2N2S. The second-order valence-electron chi connectivity index (χ2n) is 3.09. The van der Waals surface area contributed by atoms with Crippen molar-refractivity contribution in [3.8, 4) is 0 Å². The largest absolute Gasteiger partial charge is 0.269 e. The summed E-state index contributed by atoms with van der Waals surface area (Å²) in [6.45, 7) is 10.9. The topological polar surface area (TPSA) is 25.8 Å². The predicted octanol–water partition coefficient (Wildman–Crippen LogP) is 5.08. The summed E-state index contributed by atoms with van der Waals surface area (Å²) in [6, 6.07) is 0. The van der Waals surface area contributed by atoms with Crippen LogP contribution < -0.4 is 0 Å². The van der Waals surface area contributed by atoms with Crippen molar-refractivity contribution in [1.82, 2.24) is 9.59 Å². The third-order valence-corrected chi connectivity index (χ3v) is 1.96. The summed E-state index contributed by atoms with van der Waals surface area (Å²) in [6.07, 6.45) is 1.19. The van der Waals surface area contributed by atoms with E-state index in [0.29, 0.717) is 12.8 Å². The standard InChI is InChI=1S/C8H12F2.C2H2N2S.C2H6/c1-6(2)4-5-7(3)8(9)10;1-2-5-4-3-1;1-2/h1,4-5H2,2-3H3;1-2H;1-2H3. The van der Waals surface area contributed by atoms with Crippen LogP contribution in [0.4, 0.5) is 8.78 Å². The molecule has 0 saturated heterocycles. The molecule has 1 aromatic heterocycles. The number of nitrogens with zero attached hydrogens (tertiary/aromatic N) is 2. The molecule has 5 heteroatoms. The molecule has 17 heavy (non-hydrogen) atoms. The maximum Gasteiger partial charge on any atom is 0.269 e. The van der Waals surface area contributed by atoms with E-state index in [9.17, 15) is 8.78 Å². The van der Waals surface area contributed by atoms with Crippen LogP contribution in [0, 0.1) is 0 Å². The summed E-state index contributed by atoms with van der Waals surface area (Å²) in [7, 11) is 0. The van der Waals surface area contributed by atoms with Gasteiger partial charge >= 0.3 is 0 Å². The Morgan fingerprint density at radius 3 is 2.06 bits per heavy atom. The number of halogens is 2. The zero-order valence-electron chi connectivity index (χ0n) is 10.8. The van der Waals surface area contributed by atoms with Crippen molar-refractivity contribution in [3.63, 3.8) is 0 Å². The van der Waals surface area contributed by atoms with Crippen molar-refractivity contribution in [3.05, 3.63) is 35.4 Å². The number of hydrogen-bond donors (Lipinski definition) is 0. The molecule has 98 valence electrons. The van der Waals surface area contributed by atoms with Crippen LogP contribution >= 0.6 is 11.5 Å². The molecular weight excluding hydrogens is 242 g/mol. The molecule has 0 aromatic carbocycles. The Kier molecular flexibility index (Phi) is 13.9.